The zero-order chi connectivity index (χ0) is 13.7. The number of nitrogens with one attached hydrogen (secondary N) is 1. The highest BCUT2D eigenvalue weighted by Crippen LogP contribution is 2.30. The van der Waals surface area contributed by atoms with Crippen LogP contribution in [0, 0.1) is 17.0 Å². The van der Waals surface area contributed by atoms with Crippen LogP contribution in [0.25, 0.3) is 0 Å². The molecule has 1 atom stereocenters. The fourth-order valence-electron chi connectivity index (χ4n) is 1.48. The van der Waals surface area contributed by atoms with Crippen LogP contribution in [0.1, 0.15) is 5.56 Å². The molecule has 0 amide bonds. The molecule has 0 aliphatic rings. The zero-order valence-electron chi connectivity index (χ0n) is 10.1. The molecular formula is C11H15ClN2O4. The van der Waals surface area contributed by atoms with Crippen LogP contribution < -0.4 is 5.32 Å². The number of aliphatic hydroxyl groups is 1. The first-order valence-electron chi connectivity index (χ1n) is 5.31. The molecule has 0 aromatic heterocycles. The topological polar surface area (TPSA) is 84.6 Å². The summed E-state index contributed by atoms with van der Waals surface area (Å²) in [4.78, 5) is 10.2. The molecule has 1 rings (SSSR count). The quantitative estimate of drug-likeness (QED) is 0.612. The van der Waals surface area contributed by atoms with Gasteiger partial charge in [-0.25, -0.2) is 0 Å². The maximum Gasteiger partial charge on any atom is 0.273 e. The van der Waals surface area contributed by atoms with Gasteiger partial charge in [-0.2, -0.15) is 0 Å². The Morgan fingerprint density at radius 1 is 1.61 bits per heavy atom. The van der Waals surface area contributed by atoms with Crippen LogP contribution in [0.15, 0.2) is 12.1 Å². The van der Waals surface area contributed by atoms with E-state index in [4.69, 9.17) is 16.3 Å². The van der Waals surface area contributed by atoms with Gasteiger partial charge in [0.05, 0.1) is 28.3 Å². The maximum absolute atomic E-state index is 10.7. The van der Waals surface area contributed by atoms with Crippen molar-refractivity contribution in [3.63, 3.8) is 0 Å². The minimum absolute atomic E-state index is 0.0250. The fraction of sp³-hybridized carbons (Fsp3) is 0.455. The third-order valence-corrected chi connectivity index (χ3v) is 2.68. The Balaban J connectivity index is 2.79. The summed E-state index contributed by atoms with van der Waals surface area (Å²) in [6.45, 7) is 2.09. The lowest BCUT2D eigenvalue weighted by atomic mass is 10.2. The summed E-state index contributed by atoms with van der Waals surface area (Å²) >= 11 is 5.93. The molecule has 0 aliphatic carbocycles. The highest BCUT2D eigenvalue weighted by molar-refractivity contribution is 6.33. The predicted octanol–water partition coefficient (Wildman–Crippen LogP) is 1.98. The molecular weight excluding hydrogens is 260 g/mol. The van der Waals surface area contributed by atoms with E-state index in [2.05, 4.69) is 5.32 Å². The van der Waals surface area contributed by atoms with Gasteiger partial charge in [0.25, 0.3) is 5.69 Å². The minimum Gasteiger partial charge on any atom is -0.389 e. The van der Waals surface area contributed by atoms with E-state index in [0.717, 1.165) is 0 Å². The van der Waals surface area contributed by atoms with E-state index in [-0.39, 0.29) is 23.9 Å². The van der Waals surface area contributed by atoms with Gasteiger partial charge in [0.15, 0.2) is 0 Å². The van der Waals surface area contributed by atoms with Crippen molar-refractivity contribution in [2.45, 2.75) is 13.0 Å². The van der Waals surface area contributed by atoms with Gasteiger partial charge in [0, 0.05) is 25.3 Å². The molecule has 1 aromatic rings. The number of ether oxygens (including phenoxy) is 1. The van der Waals surface area contributed by atoms with Gasteiger partial charge in [-0.15, -0.1) is 0 Å². The summed E-state index contributed by atoms with van der Waals surface area (Å²) in [5.41, 5.74) is 1.03. The normalized spacial score (nSPS) is 12.2. The van der Waals surface area contributed by atoms with Crippen molar-refractivity contribution in [1.82, 2.24) is 0 Å². The van der Waals surface area contributed by atoms with E-state index in [1.54, 1.807) is 13.0 Å². The molecule has 0 saturated carbocycles. The van der Waals surface area contributed by atoms with Gasteiger partial charge >= 0.3 is 0 Å². The summed E-state index contributed by atoms with van der Waals surface area (Å²) in [6, 6.07) is 2.88. The van der Waals surface area contributed by atoms with Gasteiger partial charge in [0.1, 0.15) is 0 Å². The standard InChI is InChI=1S/C11H15ClN2O4/c1-7-3-10(13-5-8(15)6-18-2)9(12)4-11(7)14(16)17/h3-4,8,13,15H,5-6H2,1-2H3/t8-/m1/s1. The monoisotopic (exact) mass is 274 g/mol. The minimum atomic E-state index is -0.665. The van der Waals surface area contributed by atoms with Gasteiger partial charge in [-0.05, 0) is 13.0 Å². The lowest BCUT2D eigenvalue weighted by Crippen LogP contribution is -2.24. The number of hydrogen-bond donors (Lipinski definition) is 2. The Morgan fingerprint density at radius 3 is 2.83 bits per heavy atom. The first-order chi connectivity index (χ1) is 8.45. The van der Waals surface area contributed by atoms with Crippen LogP contribution in [-0.2, 0) is 4.74 Å². The number of nitrogens with zero attached hydrogens (tertiary/aromatic N) is 1. The number of aliphatic hydroxyl groups excluding tert-OH is 1. The number of nitro benzene ring substituents is 1. The summed E-state index contributed by atoms with van der Waals surface area (Å²) in [7, 11) is 1.49. The number of benzene rings is 1. The Labute approximate surface area is 110 Å². The third kappa shape index (κ3) is 3.83. The number of methoxy groups -OCH3 is 1. The number of anilines is 1. The Kier molecular flexibility index (Phi) is 5.33. The Morgan fingerprint density at radius 2 is 2.28 bits per heavy atom. The van der Waals surface area contributed by atoms with Crippen molar-refractivity contribution >= 4 is 23.0 Å². The molecule has 100 valence electrons. The number of nitro groups is 1. The average molecular weight is 275 g/mol. The van der Waals surface area contributed by atoms with E-state index < -0.39 is 11.0 Å². The molecule has 7 heteroatoms. The summed E-state index contributed by atoms with van der Waals surface area (Å²) in [5, 5.41) is 23.3. The molecule has 0 aliphatic heterocycles. The largest absolute Gasteiger partial charge is 0.389 e. The van der Waals surface area contributed by atoms with E-state index >= 15 is 0 Å². The van der Waals surface area contributed by atoms with Crippen LogP contribution in [0.5, 0.6) is 0 Å². The zero-order valence-corrected chi connectivity index (χ0v) is 10.9. The van der Waals surface area contributed by atoms with Crippen LogP contribution in [0.2, 0.25) is 5.02 Å². The molecule has 0 heterocycles. The van der Waals surface area contributed by atoms with E-state index in [1.165, 1.54) is 13.2 Å². The second kappa shape index (κ2) is 6.53. The first kappa shape index (κ1) is 14.7. The predicted molar refractivity (Wildman–Crippen MR) is 69.2 cm³/mol. The van der Waals surface area contributed by atoms with Gasteiger partial charge in [-0.3, -0.25) is 10.1 Å². The van der Waals surface area contributed by atoms with Crippen molar-refractivity contribution in [2.75, 3.05) is 25.6 Å². The summed E-state index contributed by atoms with van der Waals surface area (Å²) in [5.74, 6) is 0. The van der Waals surface area contributed by atoms with Crippen molar-refractivity contribution < 1.29 is 14.8 Å². The van der Waals surface area contributed by atoms with Gasteiger partial charge < -0.3 is 15.2 Å². The molecule has 0 unspecified atom stereocenters. The number of hydrogen-bond acceptors (Lipinski definition) is 5. The lowest BCUT2D eigenvalue weighted by Gasteiger charge is -2.13. The molecule has 2 N–H and O–H groups in total. The number of halogens is 1. The second-order valence-corrected chi connectivity index (χ2v) is 4.27. The molecule has 0 spiro atoms. The van der Waals surface area contributed by atoms with Crippen LogP contribution in [0.4, 0.5) is 11.4 Å². The molecule has 0 fully saturated rings. The van der Waals surface area contributed by atoms with E-state index in [1.807, 2.05) is 0 Å². The summed E-state index contributed by atoms with van der Waals surface area (Å²) < 4.78 is 4.78. The number of aryl methyl sites for hydroxylation is 1. The Bertz CT molecular complexity index is 439. The Hall–Kier alpha value is -1.37. The van der Waals surface area contributed by atoms with Crippen molar-refractivity contribution in [2.24, 2.45) is 0 Å². The first-order valence-corrected chi connectivity index (χ1v) is 5.69. The third-order valence-electron chi connectivity index (χ3n) is 2.37. The maximum atomic E-state index is 10.7. The second-order valence-electron chi connectivity index (χ2n) is 3.87. The van der Waals surface area contributed by atoms with Gasteiger partial charge in [0.2, 0.25) is 0 Å². The fourth-order valence-corrected chi connectivity index (χ4v) is 1.71. The van der Waals surface area contributed by atoms with E-state index in [9.17, 15) is 15.2 Å². The van der Waals surface area contributed by atoms with Crippen molar-refractivity contribution in [3.05, 3.63) is 32.8 Å². The molecule has 0 saturated heterocycles. The lowest BCUT2D eigenvalue weighted by molar-refractivity contribution is -0.385. The molecule has 6 nitrogen and oxygen atoms in total. The van der Waals surface area contributed by atoms with Crippen LogP contribution in [0.3, 0.4) is 0 Å². The number of rotatable bonds is 6. The molecule has 0 radical (unpaired) electrons. The molecule has 1 aromatic carbocycles. The van der Waals surface area contributed by atoms with Crippen molar-refractivity contribution in [3.8, 4) is 0 Å². The van der Waals surface area contributed by atoms with Gasteiger partial charge in [-0.1, -0.05) is 11.6 Å². The van der Waals surface area contributed by atoms with Crippen LogP contribution in [-0.4, -0.2) is 36.4 Å². The van der Waals surface area contributed by atoms with Crippen molar-refractivity contribution in [1.29, 1.82) is 0 Å². The van der Waals surface area contributed by atoms with Crippen LogP contribution >= 0.6 is 11.6 Å². The average Bonchev–Trinajstić information content (AvgIpc) is 2.29. The summed E-state index contributed by atoms with van der Waals surface area (Å²) in [6.07, 6.45) is -0.665. The highest BCUT2D eigenvalue weighted by atomic mass is 35.5. The smallest absolute Gasteiger partial charge is 0.273 e. The van der Waals surface area contributed by atoms with E-state index in [0.29, 0.717) is 11.3 Å². The SMILES string of the molecule is COC[C@H](O)CNc1cc(C)c([N+](=O)[O-])cc1Cl. The highest BCUT2D eigenvalue weighted by Gasteiger charge is 2.14. The molecule has 0 bridgehead atoms. The molecule has 18 heavy (non-hydrogen) atoms.